The number of hydrogen-bond donors (Lipinski definition) is 13. The zero-order valence-electron chi connectivity index (χ0n) is 49.3. The van der Waals surface area contributed by atoms with Crippen molar-refractivity contribution >= 4 is 102 Å². The first kappa shape index (κ1) is 66.5. The minimum atomic E-state index is -1.75. The Morgan fingerprint density at radius 1 is 0.629 bits per heavy atom. The predicted octanol–water partition coefficient (Wildman–Crippen LogP) is 3.67. The van der Waals surface area contributed by atoms with Crippen molar-refractivity contribution in [1.82, 2.24) is 47.5 Å². The Morgan fingerprint density at radius 3 is 1.84 bits per heavy atom. The third-order valence-electron chi connectivity index (χ3n) is 15.1. The number of aromatic amines is 1. The fourth-order valence-corrected chi connectivity index (χ4v) is 12.5. The third-order valence-corrected chi connectivity index (χ3v) is 17.7. The number of amides is 8. The average molecular weight is 1270 g/mol. The molecule has 8 amide bonds. The number of hydrogen-bond acceptors (Lipinski definition) is 14. The maximum atomic E-state index is 15.2. The third kappa shape index (κ3) is 19.3. The Balaban J connectivity index is 1.17. The predicted molar refractivity (Wildman–Crippen MR) is 346 cm³/mol. The van der Waals surface area contributed by atoms with E-state index in [4.69, 9.17) is 23.1 Å². The normalized spacial score (nSPS) is 20.2. The summed E-state index contributed by atoms with van der Waals surface area (Å²) < 4.78 is 0. The first-order chi connectivity index (χ1) is 42.7. The van der Waals surface area contributed by atoms with E-state index >= 15 is 9.59 Å². The quantitative estimate of drug-likeness (QED) is 0.0514. The number of nitrogens with one attached hydrogen (secondary N) is 9. The van der Waals surface area contributed by atoms with Crippen molar-refractivity contribution in [3.8, 4) is 5.75 Å². The Kier molecular flexibility index (Phi) is 23.6. The molecule has 0 saturated carbocycles. The molecule has 15 N–H and O–H groups in total. The van der Waals surface area contributed by atoms with Gasteiger partial charge in [-0.2, -0.15) is 0 Å². The van der Waals surface area contributed by atoms with E-state index in [1.807, 2.05) is 86.6 Å². The summed E-state index contributed by atoms with van der Waals surface area (Å²) in [6, 6.07) is 29.0. The Hall–Kier alpha value is -8.45. The fourth-order valence-electron chi connectivity index (χ4n) is 10.0. The molecule has 1 aromatic heterocycles. The molecule has 0 aliphatic carbocycles. The van der Waals surface area contributed by atoms with E-state index in [1.54, 1.807) is 60.8 Å². The van der Waals surface area contributed by atoms with Crippen LogP contribution in [0.15, 0.2) is 146 Å². The molecule has 468 valence electrons. The van der Waals surface area contributed by atoms with E-state index in [-0.39, 0.29) is 55.4 Å². The van der Waals surface area contributed by atoms with E-state index in [9.17, 15) is 39.0 Å². The Labute approximate surface area is 528 Å². The number of primary amides is 1. The van der Waals surface area contributed by atoms with E-state index in [0.29, 0.717) is 39.4 Å². The first-order valence-electron chi connectivity index (χ1n) is 29.1. The van der Waals surface area contributed by atoms with Gasteiger partial charge in [0.05, 0.1) is 12.1 Å². The van der Waals surface area contributed by atoms with Gasteiger partial charge in [0.15, 0.2) is 0 Å². The zero-order chi connectivity index (χ0) is 63.7. The second-order valence-corrected chi connectivity index (χ2v) is 25.4. The minimum Gasteiger partial charge on any atom is -0.508 e. The van der Waals surface area contributed by atoms with Crippen molar-refractivity contribution in [3.05, 3.63) is 184 Å². The van der Waals surface area contributed by atoms with Crippen LogP contribution in [0.5, 0.6) is 5.75 Å². The summed E-state index contributed by atoms with van der Waals surface area (Å²) in [7, 11) is 2.00. The topological polar surface area (TPSA) is 341 Å². The molecule has 1 fully saturated rings. The molecule has 7 aromatic rings. The van der Waals surface area contributed by atoms with Crippen LogP contribution in [-0.2, 0) is 77.0 Å². The number of carbonyl (C=O) groups excluding carboxylic acids is 8. The Morgan fingerprint density at radius 2 is 1.19 bits per heavy atom. The van der Waals surface area contributed by atoms with Crippen LogP contribution in [0.2, 0.25) is 5.02 Å². The summed E-state index contributed by atoms with van der Waals surface area (Å²) in [5.74, 6) is -7.51. The number of nitrogens with two attached hydrogens (primary N) is 2. The van der Waals surface area contributed by atoms with E-state index in [1.165, 1.54) is 19.1 Å². The van der Waals surface area contributed by atoms with Gasteiger partial charge in [0.1, 0.15) is 48.0 Å². The molecule has 0 spiro atoms. The highest BCUT2D eigenvalue weighted by Gasteiger charge is 2.37. The number of carbonyl (C=O) groups is 8. The molecule has 8 rings (SSSR count). The van der Waals surface area contributed by atoms with Gasteiger partial charge in [0.25, 0.3) is 0 Å². The molecule has 24 heteroatoms. The molecule has 89 heavy (non-hydrogen) atoms. The summed E-state index contributed by atoms with van der Waals surface area (Å²) in [6.45, 7) is 5.83. The maximum Gasteiger partial charge on any atom is 0.245 e. The van der Waals surface area contributed by atoms with Crippen molar-refractivity contribution < 1.29 is 48.6 Å². The number of fused-ring (bicyclic) bond motifs is 2. The molecule has 0 radical (unpaired) electrons. The van der Waals surface area contributed by atoms with Crippen LogP contribution in [0.1, 0.15) is 54.2 Å². The number of H-pyrrole nitrogens is 1. The number of aliphatic hydroxyl groups is 1. The van der Waals surface area contributed by atoms with Gasteiger partial charge in [-0.15, -0.1) is 0 Å². The number of aromatic nitrogens is 1. The molecule has 2 heterocycles. The SMILES string of the molecule is CC(C)NCc1ccc(C[C@@H]2NC(=O)[C@@H](Cc3c[nH]c4ccccc34)NC(=O)[C@H](Cc3ccc(O)cc3)NC(=O)[C@H](NC(=O)[C@@H](N)Cc3ccc(Cl)cc3)CSSC[C@@H](C(=O)N[C@@H](Cc3ccc4ccccc4c3)C(N)=O)NC(=O)[C@H]([C@@H](C)O)NC2=O)cc1. The van der Waals surface area contributed by atoms with Gasteiger partial charge in [0, 0.05) is 71.9 Å². The number of para-hydroxylation sites is 1. The van der Waals surface area contributed by atoms with Gasteiger partial charge < -0.3 is 69.2 Å². The number of phenolic OH excluding ortho intramolecular Hbond substituents is 1. The van der Waals surface area contributed by atoms with Gasteiger partial charge in [-0.25, -0.2) is 0 Å². The summed E-state index contributed by atoms with van der Waals surface area (Å²) in [5, 5.41) is 47.1. The van der Waals surface area contributed by atoms with Crippen LogP contribution in [0.25, 0.3) is 21.7 Å². The van der Waals surface area contributed by atoms with Crippen molar-refractivity contribution in [2.24, 2.45) is 11.5 Å². The molecule has 0 bridgehead atoms. The second kappa shape index (κ2) is 31.6. The van der Waals surface area contributed by atoms with Gasteiger partial charge in [-0.3, -0.25) is 38.4 Å². The minimum absolute atomic E-state index is 0.0312. The van der Waals surface area contributed by atoms with E-state index in [0.717, 1.165) is 48.8 Å². The second-order valence-electron chi connectivity index (χ2n) is 22.4. The van der Waals surface area contributed by atoms with Crippen LogP contribution >= 0.6 is 33.2 Å². The summed E-state index contributed by atoms with van der Waals surface area (Å²) in [4.78, 5) is 120. The summed E-state index contributed by atoms with van der Waals surface area (Å²) >= 11 is 6.13. The molecule has 21 nitrogen and oxygen atoms in total. The number of halogens is 1. The number of aliphatic hydroxyl groups excluding tert-OH is 1. The standard InChI is InChI=1S/C65H74ClN11O10S2/c1-36(2)69-32-41-14-12-39(13-15-41)28-53-62(84)77-57(37(3)78)65(87)76-56(63(85)71-51(58(68)80)30-42-16-21-43-8-4-5-9-44(43)26-42)35-89-88-34-55(75-59(81)49(67)27-38-17-22-46(66)23-18-38)64(86)73-52(29-40-19-24-47(79)25-20-40)60(82)74-54(61(83)72-53)31-45-33-70-50-11-7-6-10-48(45)50/h4-26,33,36-37,49,51-57,69-70,78-79H,27-32,34-35,67H2,1-3H3,(H2,68,80)(H,71,85)(H,72,83)(H,73,86)(H,74,82)(H,75,81)(H,76,87)(H,77,84)/t37-,49+,51+,52+,53+,54-,55-,56+,57+/m1/s1. The van der Waals surface area contributed by atoms with Crippen LogP contribution in [0.3, 0.4) is 0 Å². The highest BCUT2D eigenvalue weighted by atomic mass is 35.5. The highest BCUT2D eigenvalue weighted by molar-refractivity contribution is 8.76. The van der Waals surface area contributed by atoms with Gasteiger partial charge in [0.2, 0.25) is 47.3 Å². The van der Waals surface area contributed by atoms with Crippen LogP contribution in [-0.4, -0.2) is 134 Å². The number of phenols is 1. The summed E-state index contributed by atoms with van der Waals surface area (Å²) in [5.41, 5.74) is 17.1. The molecule has 1 saturated heterocycles. The Bertz CT molecular complexity index is 3630. The zero-order valence-corrected chi connectivity index (χ0v) is 51.7. The molecular formula is C65H74ClN11O10S2. The largest absolute Gasteiger partial charge is 0.508 e. The molecule has 6 aromatic carbocycles. The highest BCUT2D eigenvalue weighted by Crippen LogP contribution is 2.25. The fraction of sp³-hybridized carbons (Fsp3) is 0.323. The van der Waals surface area contributed by atoms with E-state index < -0.39 is 102 Å². The molecule has 0 unspecified atom stereocenters. The van der Waals surface area contributed by atoms with E-state index in [2.05, 4.69) is 47.5 Å². The van der Waals surface area contributed by atoms with Gasteiger partial charge >= 0.3 is 0 Å². The van der Waals surface area contributed by atoms with Gasteiger partial charge in [-0.1, -0.05) is 156 Å². The van der Waals surface area contributed by atoms with Crippen LogP contribution in [0.4, 0.5) is 0 Å². The molecule has 9 atom stereocenters. The molecule has 1 aliphatic heterocycles. The number of benzene rings is 6. The van der Waals surface area contributed by atoms with Crippen molar-refractivity contribution in [1.29, 1.82) is 0 Å². The van der Waals surface area contributed by atoms with Crippen molar-refractivity contribution in [3.63, 3.8) is 0 Å². The van der Waals surface area contributed by atoms with Crippen LogP contribution < -0.4 is 54.0 Å². The van der Waals surface area contributed by atoms with Crippen molar-refractivity contribution in [2.45, 2.75) is 120 Å². The number of rotatable bonds is 19. The van der Waals surface area contributed by atoms with Crippen LogP contribution in [0, 0.1) is 0 Å². The van der Waals surface area contributed by atoms with Crippen molar-refractivity contribution in [2.75, 3.05) is 11.5 Å². The lowest BCUT2D eigenvalue weighted by Gasteiger charge is -2.29. The van der Waals surface area contributed by atoms with Gasteiger partial charge in [-0.05, 0) is 87.8 Å². The lowest BCUT2D eigenvalue weighted by Crippen LogP contribution is -2.62. The lowest BCUT2D eigenvalue weighted by atomic mass is 9.99. The monoisotopic (exact) mass is 1270 g/mol. The average Bonchev–Trinajstić information content (AvgIpc) is 4.22. The molecule has 1 aliphatic rings. The number of aromatic hydroxyl groups is 1. The smallest absolute Gasteiger partial charge is 0.245 e. The first-order valence-corrected chi connectivity index (χ1v) is 32.0. The summed E-state index contributed by atoms with van der Waals surface area (Å²) in [6.07, 6.45) is -0.385. The maximum absolute atomic E-state index is 15.2. The molecular weight excluding hydrogens is 1190 g/mol. The lowest BCUT2D eigenvalue weighted by molar-refractivity contribution is -0.136.